The summed E-state index contributed by atoms with van der Waals surface area (Å²) in [6.45, 7) is 3.52. The van der Waals surface area contributed by atoms with Crippen LogP contribution in [-0.2, 0) is 0 Å². The van der Waals surface area contributed by atoms with Gasteiger partial charge in [0.2, 0.25) is 0 Å². The molecule has 1 aliphatic rings. The molecular weight excluding hydrogens is 232 g/mol. The van der Waals surface area contributed by atoms with E-state index < -0.39 is 0 Å². The highest BCUT2D eigenvalue weighted by Gasteiger charge is 2.33. The molecule has 1 fully saturated rings. The van der Waals surface area contributed by atoms with E-state index in [-0.39, 0.29) is 5.91 Å². The summed E-state index contributed by atoms with van der Waals surface area (Å²) < 4.78 is 0. The van der Waals surface area contributed by atoms with Crippen LogP contribution in [0.15, 0.2) is 17.5 Å². The van der Waals surface area contributed by atoms with Crippen molar-refractivity contribution in [3.63, 3.8) is 0 Å². The Morgan fingerprint density at radius 1 is 1.59 bits per heavy atom. The Balaban J connectivity index is 2.13. The van der Waals surface area contributed by atoms with E-state index in [2.05, 4.69) is 6.92 Å². The molecule has 94 valence electrons. The predicted octanol–water partition coefficient (Wildman–Crippen LogP) is 2.34. The lowest BCUT2D eigenvalue weighted by atomic mass is 10.0. The van der Waals surface area contributed by atoms with Gasteiger partial charge < -0.3 is 10.6 Å². The molecule has 0 saturated heterocycles. The molecule has 1 aliphatic carbocycles. The number of hydrogen-bond acceptors (Lipinski definition) is 3. The van der Waals surface area contributed by atoms with Gasteiger partial charge in [-0.3, -0.25) is 4.79 Å². The first-order valence-corrected chi connectivity index (χ1v) is 7.20. The van der Waals surface area contributed by atoms with Crippen LogP contribution in [0.2, 0.25) is 0 Å². The molecule has 3 nitrogen and oxygen atoms in total. The second-order valence-electron chi connectivity index (χ2n) is 4.56. The fourth-order valence-electron chi connectivity index (χ4n) is 2.77. The van der Waals surface area contributed by atoms with Gasteiger partial charge in [0, 0.05) is 12.6 Å². The topological polar surface area (TPSA) is 46.3 Å². The minimum absolute atomic E-state index is 0.174. The standard InChI is InChI=1S/C13H20N2OS/c1-2-15(11-6-3-5-10(11)9-14)13(16)12-7-4-8-17-12/h4,7-8,10-11H,2-3,5-6,9,14H2,1H3. The van der Waals surface area contributed by atoms with Gasteiger partial charge in [-0.2, -0.15) is 0 Å². The number of carbonyl (C=O) groups is 1. The largest absolute Gasteiger partial charge is 0.335 e. The maximum atomic E-state index is 12.4. The third-order valence-corrected chi connectivity index (χ3v) is 4.51. The summed E-state index contributed by atoms with van der Waals surface area (Å²) in [5.74, 6) is 0.659. The third kappa shape index (κ3) is 2.53. The highest BCUT2D eigenvalue weighted by Crippen LogP contribution is 2.30. The number of nitrogens with two attached hydrogens (primary N) is 1. The molecule has 1 saturated carbocycles. The third-order valence-electron chi connectivity index (χ3n) is 3.66. The predicted molar refractivity (Wildman–Crippen MR) is 71.2 cm³/mol. The molecular formula is C13H20N2OS. The van der Waals surface area contributed by atoms with Gasteiger partial charge in [0.05, 0.1) is 4.88 Å². The Bertz CT molecular complexity index is 364. The van der Waals surface area contributed by atoms with Crippen molar-refractivity contribution in [3.8, 4) is 0 Å². The molecule has 2 atom stereocenters. The zero-order valence-corrected chi connectivity index (χ0v) is 11.1. The molecule has 1 aromatic heterocycles. The number of carbonyl (C=O) groups excluding carboxylic acids is 1. The van der Waals surface area contributed by atoms with Gasteiger partial charge in [-0.05, 0) is 43.7 Å². The monoisotopic (exact) mass is 252 g/mol. The zero-order chi connectivity index (χ0) is 12.3. The van der Waals surface area contributed by atoms with Gasteiger partial charge in [-0.1, -0.05) is 12.5 Å². The van der Waals surface area contributed by atoms with Crippen LogP contribution in [0, 0.1) is 5.92 Å². The van der Waals surface area contributed by atoms with E-state index in [0.717, 1.165) is 24.3 Å². The second kappa shape index (κ2) is 5.65. The highest BCUT2D eigenvalue weighted by atomic mass is 32.1. The maximum absolute atomic E-state index is 12.4. The molecule has 0 aromatic carbocycles. The number of amides is 1. The van der Waals surface area contributed by atoms with E-state index in [0.29, 0.717) is 18.5 Å². The molecule has 4 heteroatoms. The minimum Gasteiger partial charge on any atom is -0.335 e. The van der Waals surface area contributed by atoms with Gasteiger partial charge in [0.25, 0.3) is 5.91 Å². The van der Waals surface area contributed by atoms with Crippen LogP contribution in [0.4, 0.5) is 0 Å². The molecule has 17 heavy (non-hydrogen) atoms. The molecule has 2 rings (SSSR count). The number of thiophene rings is 1. The van der Waals surface area contributed by atoms with Crippen LogP contribution in [0.1, 0.15) is 35.9 Å². The smallest absolute Gasteiger partial charge is 0.264 e. The van der Waals surface area contributed by atoms with E-state index in [9.17, 15) is 4.79 Å². The van der Waals surface area contributed by atoms with Crippen LogP contribution in [-0.4, -0.2) is 29.9 Å². The highest BCUT2D eigenvalue weighted by molar-refractivity contribution is 7.12. The molecule has 1 aromatic rings. The van der Waals surface area contributed by atoms with Gasteiger partial charge >= 0.3 is 0 Å². The first kappa shape index (κ1) is 12.6. The lowest BCUT2D eigenvalue weighted by molar-refractivity contribution is 0.0657. The average Bonchev–Trinajstić information content (AvgIpc) is 3.01. The summed E-state index contributed by atoms with van der Waals surface area (Å²) in [7, 11) is 0. The zero-order valence-electron chi connectivity index (χ0n) is 10.3. The summed E-state index contributed by atoms with van der Waals surface area (Å²) >= 11 is 1.52. The van der Waals surface area contributed by atoms with Crippen molar-refractivity contribution in [2.45, 2.75) is 32.2 Å². The summed E-state index contributed by atoms with van der Waals surface area (Å²) in [5.41, 5.74) is 5.80. The fraction of sp³-hybridized carbons (Fsp3) is 0.615. The van der Waals surface area contributed by atoms with Crippen LogP contribution < -0.4 is 5.73 Å². The van der Waals surface area contributed by atoms with E-state index in [1.807, 2.05) is 22.4 Å². The molecule has 0 spiro atoms. The van der Waals surface area contributed by atoms with E-state index in [4.69, 9.17) is 5.73 Å². The van der Waals surface area contributed by atoms with Crippen molar-refractivity contribution in [3.05, 3.63) is 22.4 Å². The number of hydrogen-bond donors (Lipinski definition) is 1. The van der Waals surface area contributed by atoms with Crippen LogP contribution in [0.3, 0.4) is 0 Å². The van der Waals surface area contributed by atoms with Crippen LogP contribution in [0.5, 0.6) is 0 Å². The molecule has 0 radical (unpaired) electrons. The Kier molecular flexibility index (Phi) is 4.18. The molecule has 2 unspecified atom stereocenters. The van der Waals surface area contributed by atoms with E-state index in [1.54, 1.807) is 0 Å². The molecule has 2 N–H and O–H groups in total. The quantitative estimate of drug-likeness (QED) is 0.894. The van der Waals surface area contributed by atoms with Crippen LogP contribution >= 0.6 is 11.3 Å². The van der Waals surface area contributed by atoms with Crippen molar-refractivity contribution in [2.75, 3.05) is 13.1 Å². The van der Waals surface area contributed by atoms with Gasteiger partial charge in [0.1, 0.15) is 0 Å². The van der Waals surface area contributed by atoms with Crippen molar-refractivity contribution < 1.29 is 4.79 Å². The summed E-state index contributed by atoms with van der Waals surface area (Å²) in [5, 5.41) is 1.95. The lowest BCUT2D eigenvalue weighted by Gasteiger charge is -2.31. The minimum atomic E-state index is 0.174. The molecule has 0 aliphatic heterocycles. The van der Waals surface area contributed by atoms with Crippen molar-refractivity contribution in [1.29, 1.82) is 0 Å². The summed E-state index contributed by atoms with van der Waals surface area (Å²) in [6, 6.07) is 4.18. The second-order valence-corrected chi connectivity index (χ2v) is 5.51. The lowest BCUT2D eigenvalue weighted by Crippen LogP contribution is -2.43. The Morgan fingerprint density at radius 3 is 3.00 bits per heavy atom. The SMILES string of the molecule is CCN(C(=O)c1cccs1)C1CCCC1CN. The van der Waals surface area contributed by atoms with Crippen LogP contribution in [0.25, 0.3) is 0 Å². The van der Waals surface area contributed by atoms with Gasteiger partial charge in [0.15, 0.2) is 0 Å². The normalized spacial score (nSPS) is 23.9. The van der Waals surface area contributed by atoms with Crippen molar-refractivity contribution in [1.82, 2.24) is 4.90 Å². The fourth-order valence-corrected chi connectivity index (χ4v) is 3.45. The Hall–Kier alpha value is -0.870. The molecule has 0 bridgehead atoms. The Morgan fingerprint density at radius 2 is 2.41 bits per heavy atom. The van der Waals surface area contributed by atoms with Crippen molar-refractivity contribution in [2.24, 2.45) is 11.7 Å². The number of nitrogens with zero attached hydrogens (tertiary/aromatic N) is 1. The average molecular weight is 252 g/mol. The first-order valence-electron chi connectivity index (χ1n) is 6.32. The Labute approximate surface area is 107 Å². The summed E-state index contributed by atoms with van der Waals surface area (Å²) in [4.78, 5) is 15.2. The van der Waals surface area contributed by atoms with E-state index >= 15 is 0 Å². The van der Waals surface area contributed by atoms with E-state index in [1.165, 1.54) is 17.8 Å². The first-order chi connectivity index (χ1) is 8.27. The summed E-state index contributed by atoms with van der Waals surface area (Å²) in [6.07, 6.45) is 3.46. The maximum Gasteiger partial charge on any atom is 0.264 e. The van der Waals surface area contributed by atoms with Crippen molar-refractivity contribution >= 4 is 17.2 Å². The van der Waals surface area contributed by atoms with Gasteiger partial charge in [-0.15, -0.1) is 11.3 Å². The molecule has 1 amide bonds. The number of rotatable bonds is 4. The molecule has 1 heterocycles. The van der Waals surface area contributed by atoms with Gasteiger partial charge in [-0.25, -0.2) is 0 Å².